The van der Waals surface area contributed by atoms with Crippen LogP contribution in [0.1, 0.15) is 16.8 Å². The van der Waals surface area contributed by atoms with Crippen LogP contribution in [0.25, 0.3) is 11.3 Å². The summed E-state index contributed by atoms with van der Waals surface area (Å²) in [5.41, 5.74) is 6.18. The minimum Gasteiger partial charge on any atom is -0.435 e. The summed E-state index contributed by atoms with van der Waals surface area (Å²) in [6.07, 6.45) is 0. The highest BCUT2D eigenvalue weighted by Crippen LogP contribution is 2.35. The Hall–Kier alpha value is -1.83. The quantitative estimate of drug-likeness (QED) is 0.629. The zero-order chi connectivity index (χ0) is 12.0. The second-order valence-corrected chi connectivity index (χ2v) is 4.71. The van der Waals surface area contributed by atoms with Gasteiger partial charge in [-0.3, -0.25) is 0 Å². The lowest BCUT2D eigenvalue weighted by molar-refractivity contribution is -0.722. The van der Waals surface area contributed by atoms with Crippen molar-refractivity contribution in [2.45, 2.75) is 27.5 Å². The van der Waals surface area contributed by atoms with Crippen LogP contribution in [0, 0.1) is 20.8 Å². The van der Waals surface area contributed by atoms with Crippen molar-refractivity contribution in [2.24, 2.45) is 0 Å². The molecule has 2 heterocycles. The van der Waals surface area contributed by atoms with E-state index < -0.39 is 0 Å². The first-order valence-electron chi connectivity index (χ1n) is 5.90. The van der Waals surface area contributed by atoms with Gasteiger partial charge < -0.3 is 4.74 Å². The smallest absolute Gasteiger partial charge is 0.292 e. The predicted molar refractivity (Wildman–Crippen MR) is 66.9 cm³/mol. The van der Waals surface area contributed by atoms with Gasteiger partial charge in [-0.1, -0.05) is 6.07 Å². The molecule has 0 saturated carbocycles. The molecule has 2 aromatic rings. The molecule has 3 rings (SSSR count). The van der Waals surface area contributed by atoms with E-state index >= 15 is 0 Å². The minimum atomic E-state index is 0.610. The predicted octanol–water partition coefficient (Wildman–Crippen LogP) is 2.92. The van der Waals surface area contributed by atoms with Crippen LogP contribution >= 0.6 is 0 Å². The van der Waals surface area contributed by atoms with Crippen LogP contribution in [0.15, 0.2) is 30.3 Å². The van der Waals surface area contributed by atoms with E-state index in [0.29, 0.717) is 6.73 Å². The number of rotatable bonds is 0. The second-order valence-electron chi connectivity index (χ2n) is 4.71. The molecule has 1 aliphatic rings. The maximum absolute atomic E-state index is 5.88. The van der Waals surface area contributed by atoms with Gasteiger partial charge in [0.05, 0.1) is 5.56 Å². The number of hydrogen-bond donors (Lipinski definition) is 0. The summed E-state index contributed by atoms with van der Waals surface area (Å²) in [5.74, 6) is 1.03. The maximum Gasteiger partial charge on any atom is 0.292 e. The molecule has 1 aromatic heterocycles. The Morgan fingerprint density at radius 2 is 1.94 bits per heavy atom. The Morgan fingerprint density at radius 3 is 2.76 bits per heavy atom. The van der Waals surface area contributed by atoms with Gasteiger partial charge in [-0.2, -0.15) is 4.57 Å². The Morgan fingerprint density at radius 1 is 1.12 bits per heavy atom. The van der Waals surface area contributed by atoms with Crippen LogP contribution in [-0.2, 0) is 6.73 Å². The molecule has 0 amide bonds. The average Bonchev–Trinajstić information content (AvgIpc) is 2.29. The van der Waals surface area contributed by atoms with Crippen molar-refractivity contribution in [3.8, 4) is 17.0 Å². The third kappa shape index (κ3) is 1.52. The van der Waals surface area contributed by atoms with Crippen LogP contribution in [-0.4, -0.2) is 0 Å². The fraction of sp³-hybridized carbons (Fsp3) is 0.267. The zero-order valence-electron chi connectivity index (χ0n) is 10.4. The second kappa shape index (κ2) is 3.59. The molecule has 0 radical (unpaired) electrons. The van der Waals surface area contributed by atoms with Gasteiger partial charge in [0.2, 0.25) is 5.69 Å². The zero-order valence-corrected chi connectivity index (χ0v) is 10.4. The lowest BCUT2D eigenvalue weighted by Gasteiger charge is -2.19. The molecule has 86 valence electrons. The van der Waals surface area contributed by atoms with Gasteiger partial charge in [-0.05, 0) is 37.1 Å². The molecule has 0 bridgehead atoms. The molecule has 2 heteroatoms. The van der Waals surface area contributed by atoms with E-state index in [-0.39, 0.29) is 0 Å². The van der Waals surface area contributed by atoms with E-state index in [9.17, 15) is 0 Å². The van der Waals surface area contributed by atoms with Gasteiger partial charge in [-0.15, -0.1) is 0 Å². The number of hydrogen-bond acceptors (Lipinski definition) is 1. The van der Waals surface area contributed by atoms with E-state index in [1.165, 1.54) is 28.1 Å². The molecule has 2 nitrogen and oxygen atoms in total. The molecule has 0 saturated heterocycles. The molecule has 0 aliphatic carbocycles. The van der Waals surface area contributed by atoms with Gasteiger partial charge in [0, 0.05) is 19.1 Å². The van der Waals surface area contributed by atoms with Crippen LogP contribution in [0.4, 0.5) is 0 Å². The van der Waals surface area contributed by atoms with Crippen LogP contribution in [0.3, 0.4) is 0 Å². The van der Waals surface area contributed by atoms with Crippen LogP contribution < -0.4 is 9.30 Å². The molecular weight excluding hydrogens is 210 g/mol. The lowest BCUT2D eigenvalue weighted by Crippen LogP contribution is -2.44. The largest absolute Gasteiger partial charge is 0.435 e. The fourth-order valence-corrected chi connectivity index (χ4v) is 2.52. The number of nitrogens with zero attached hydrogens (tertiary/aromatic N) is 1. The van der Waals surface area contributed by atoms with Crippen molar-refractivity contribution in [3.05, 3.63) is 47.2 Å². The average molecular weight is 226 g/mol. The number of benzene rings is 1. The van der Waals surface area contributed by atoms with Gasteiger partial charge in [-0.25, -0.2) is 0 Å². The van der Waals surface area contributed by atoms with E-state index in [4.69, 9.17) is 4.74 Å². The minimum absolute atomic E-state index is 0.610. The Kier molecular flexibility index (Phi) is 2.18. The van der Waals surface area contributed by atoms with Crippen LogP contribution in [0.5, 0.6) is 5.75 Å². The first-order valence-corrected chi connectivity index (χ1v) is 5.90. The highest BCUT2D eigenvalue weighted by molar-refractivity contribution is 5.68. The van der Waals surface area contributed by atoms with Crippen molar-refractivity contribution in [1.82, 2.24) is 0 Å². The highest BCUT2D eigenvalue weighted by atomic mass is 16.5. The third-order valence-electron chi connectivity index (χ3n) is 3.34. The number of aryl methyl sites for hydroxylation is 3. The first-order chi connectivity index (χ1) is 8.16. The molecule has 0 atom stereocenters. The van der Waals surface area contributed by atoms with Crippen molar-refractivity contribution in [2.75, 3.05) is 0 Å². The van der Waals surface area contributed by atoms with Crippen molar-refractivity contribution >= 4 is 0 Å². The number of fused-ring (bicyclic) bond motifs is 3. The molecule has 17 heavy (non-hydrogen) atoms. The summed E-state index contributed by atoms with van der Waals surface area (Å²) in [5, 5.41) is 0. The SMILES string of the molecule is Cc1cc(C)c2c(c1)-c1cccc(C)[n+]1CO2. The van der Waals surface area contributed by atoms with Gasteiger partial charge in [0.1, 0.15) is 5.75 Å². The number of pyridine rings is 1. The Bertz CT molecular complexity index is 602. The summed E-state index contributed by atoms with van der Waals surface area (Å²) in [7, 11) is 0. The topological polar surface area (TPSA) is 13.1 Å². The summed E-state index contributed by atoms with van der Waals surface area (Å²) in [4.78, 5) is 0. The number of aromatic nitrogens is 1. The molecule has 0 spiro atoms. The molecule has 1 aromatic carbocycles. The molecule has 0 N–H and O–H groups in total. The van der Waals surface area contributed by atoms with E-state index in [1.54, 1.807) is 0 Å². The molecule has 1 aliphatic heterocycles. The Balaban J connectivity index is 2.33. The first kappa shape index (κ1) is 10.3. The summed E-state index contributed by atoms with van der Waals surface area (Å²) in [6, 6.07) is 10.7. The Labute approximate surface area is 101 Å². The van der Waals surface area contributed by atoms with E-state index in [2.05, 4.69) is 55.7 Å². The normalized spacial score (nSPS) is 12.6. The monoisotopic (exact) mass is 226 g/mol. The molecule has 0 fully saturated rings. The van der Waals surface area contributed by atoms with E-state index in [0.717, 1.165) is 5.75 Å². The number of ether oxygens (including phenoxy) is 1. The van der Waals surface area contributed by atoms with Crippen molar-refractivity contribution < 1.29 is 9.30 Å². The van der Waals surface area contributed by atoms with Gasteiger partial charge >= 0.3 is 0 Å². The standard InChI is InChI=1S/C15H16NO/c1-10-7-11(2)15-13(8-10)14-6-4-5-12(3)16(14)9-17-15/h4-8H,9H2,1-3H3/q+1. The maximum atomic E-state index is 5.88. The van der Waals surface area contributed by atoms with Gasteiger partial charge in [0.25, 0.3) is 6.73 Å². The summed E-state index contributed by atoms with van der Waals surface area (Å²) >= 11 is 0. The lowest BCUT2D eigenvalue weighted by atomic mass is 10.0. The van der Waals surface area contributed by atoms with Crippen molar-refractivity contribution in [3.63, 3.8) is 0 Å². The summed E-state index contributed by atoms with van der Waals surface area (Å²) in [6.45, 7) is 6.96. The van der Waals surface area contributed by atoms with Crippen LogP contribution in [0.2, 0.25) is 0 Å². The van der Waals surface area contributed by atoms with Crippen molar-refractivity contribution in [1.29, 1.82) is 0 Å². The third-order valence-corrected chi connectivity index (χ3v) is 3.34. The van der Waals surface area contributed by atoms with E-state index in [1.807, 2.05) is 0 Å². The summed E-state index contributed by atoms with van der Waals surface area (Å²) < 4.78 is 8.09. The molecular formula is C15H16NO+. The van der Waals surface area contributed by atoms with Gasteiger partial charge in [0.15, 0.2) is 5.69 Å². The molecule has 0 unspecified atom stereocenters. The highest BCUT2D eigenvalue weighted by Gasteiger charge is 2.26. The fourth-order valence-electron chi connectivity index (χ4n) is 2.52.